The molecule has 0 spiro atoms. The molecule has 158 valence electrons. The second-order valence-electron chi connectivity index (χ2n) is 7.84. The molecule has 0 bridgehead atoms. The van der Waals surface area contributed by atoms with Crippen molar-refractivity contribution in [1.82, 2.24) is 25.1 Å². The van der Waals surface area contributed by atoms with Gasteiger partial charge in [-0.2, -0.15) is 0 Å². The molecule has 2 atom stereocenters. The number of aromatic nitrogens is 2. The van der Waals surface area contributed by atoms with Gasteiger partial charge < -0.3 is 24.7 Å². The topological polar surface area (TPSA) is 95.1 Å². The summed E-state index contributed by atoms with van der Waals surface area (Å²) in [4.78, 5) is 29.9. The summed E-state index contributed by atoms with van der Waals surface area (Å²) in [5.74, 6) is 1.65. The highest BCUT2D eigenvalue weighted by Gasteiger charge is 2.35. The molecule has 1 aromatic heterocycles. The summed E-state index contributed by atoms with van der Waals surface area (Å²) in [6.45, 7) is 2.81. The number of aliphatic imine (C=N–C) groups is 1. The highest BCUT2D eigenvalue weighted by atomic mass is 16.5. The van der Waals surface area contributed by atoms with Gasteiger partial charge in [0.25, 0.3) is 5.56 Å². The second kappa shape index (κ2) is 7.64. The molecule has 3 aliphatic heterocycles. The Morgan fingerprint density at radius 3 is 2.63 bits per heavy atom. The summed E-state index contributed by atoms with van der Waals surface area (Å²) in [6.07, 6.45) is 7.63. The number of hydrogen-bond donors (Lipinski definition) is 2. The van der Waals surface area contributed by atoms with Crippen molar-refractivity contribution in [3.05, 3.63) is 40.2 Å². The Labute approximate surface area is 174 Å². The molecule has 0 saturated carbocycles. The standard InChI is InChI=1S/C21H26N6O3/c1-29-17-8-14-15(9-18(17)30-2)24-19(25-20(14)28)16-12-27-13(10-22-16)11-23-21(27)26-6-4-3-5-7-26/h8-11,16,21-22H,3-7,12H2,1-2H3,(H,24,25,28). The summed E-state index contributed by atoms with van der Waals surface area (Å²) in [7, 11) is 3.12. The van der Waals surface area contributed by atoms with Crippen LogP contribution in [0.4, 0.5) is 0 Å². The third kappa shape index (κ3) is 3.19. The second-order valence-corrected chi connectivity index (χ2v) is 7.84. The minimum atomic E-state index is -0.196. The van der Waals surface area contributed by atoms with Crippen LogP contribution < -0.4 is 20.3 Å². The van der Waals surface area contributed by atoms with Gasteiger partial charge in [-0.25, -0.2) is 4.98 Å². The lowest BCUT2D eigenvalue weighted by molar-refractivity contribution is 0.0599. The van der Waals surface area contributed by atoms with Crippen molar-refractivity contribution in [2.75, 3.05) is 33.9 Å². The van der Waals surface area contributed by atoms with E-state index >= 15 is 0 Å². The van der Waals surface area contributed by atoms with Crippen LogP contribution in [-0.4, -0.2) is 66.1 Å². The van der Waals surface area contributed by atoms with E-state index in [1.54, 1.807) is 26.4 Å². The van der Waals surface area contributed by atoms with Crippen LogP contribution in [0, 0.1) is 0 Å². The zero-order chi connectivity index (χ0) is 20.7. The number of benzene rings is 1. The fraction of sp³-hybridized carbons (Fsp3) is 0.476. The van der Waals surface area contributed by atoms with Crippen molar-refractivity contribution in [3.63, 3.8) is 0 Å². The molecule has 5 rings (SSSR count). The normalized spacial score (nSPS) is 23.8. The van der Waals surface area contributed by atoms with E-state index in [0.29, 0.717) is 34.8 Å². The van der Waals surface area contributed by atoms with E-state index in [-0.39, 0.29) is 17.9 Å². The van der Waals surface area contributed by atoms with Crippen molar-refractivity contribution in [3.8, 4) is 11.5 Å². The molecule has 1 saturated heterocycles. The Kier molecular flexibility index (Phi) is 4.82. The van der Waals surface area contributed by atoms with Gasteiger partial charge in [0, 0.05) is 31.9 Å². The van der Waals surface area contributed by atoms with Gasteiger partial charge in [-0.15, -0.1) is 0 Å². The number of likely N-dealkylation sites (tertiary alicyclic amines) is 1. The molecular formula is C21H26N6O3. The van der Waals surface area contributed by atoms with Gasteiger partial charge in [0.1, 0.15) is 11.9 Å². The molecule has 2 N–H and O–H groups in total. The van der Waals surface area contributed by atoms with Crippen LogP contribution in [0.25, 0.3) is 10.9 Å². The van der Waals surface area contributed by atoms with Crippen molar-refractivity contribution < 1.29 is 9.47 Å². The summed E-state index contributed by atoms with van der Waals surface area (Å²) in [5, 5.41) is 3.84. The number of aromatic amines is 1. The summed E-state index contributed by atoms with van der Waals surface area (Å²) < 4.78 is 10.7. The van der Waals surface area contributed by atoms with Gasteiger partial charge in [-0.3, -0.25) is 14.7 Å². The largest absolute Gasteiger partial charge is 0.493 e. The maximum absolute atomic E-state index is 12.8. The SMILES string of the molecule is COc1cc2nc(C3CN4C(=CN3)C=NC4N3CCCCC3)[nH]c(=O)c2cc1OC. The predicted molar refractivity (Wildman–Crippen MR) is 114 cm³/mol. The molecule has 3 aliphatic rings. The van der Waals surface area contributed by atoms with Crippen molar-refractivity contribution in [2.45, 2.75) is 31.6 Å². The molecule has 9 heteroatoms. The first kappa shape index (κ1) is 18.9. The van der Waals surface area contributed by atoms with E-state index < -0.39 is 0 Å². The molecule has 1 aromatic carbocycles. The fourth-order valence-corrected chi connectivity index (χ4v) is 4.44. The molecule has 0 radical (unpaired) electrons. The summed E-state index contributed by atoms with van der Waals surface area (Å²) >= 11 is 0. The van der Waals surface area contributed by atoms with Crippen molar-refractivity contribution >= 4 is 17.1 Å². The number of fused-ring (bicyclic) bond motifs is 2. The molecule has 4 heterocycles. The number of H-pyrrole nitrogens is 1. The first-order valence-corrected chi connectivity index (χ1v) is 10.3. The van der Waals surface area contributed by atoms with Crippen LogP contribution in [0.2, 0.25) is 0 Å². The Bertz CT molecular complexity index is 1070. The highest BCUT2D eigenvalue weighted by molar-refractivity contribution is 5.82. The van der Waals surface area contributed by atoms with Crippen LogP contribution in [0.3, 0.4) is 0 Å². The molecule has 30 heavy (non-hydrogen) atoms. The van der Waals surface area contributed by atoms with Crippen LogP contribution in [0.1, 0.15) is 31.1 Å². The van der Waals surface area contributed by atoms with Crippen LogP contribution in [0.15, 0.2) is 33.8 Å². The Hall–Kier alpha value is -3.07. The lowest BCUT2D eigenvalue weighted by Gasteiger charge is -2.40. The van der Waals surface area contributed by atoms with Gasteiger partial charge in [-0.1, -0.05) is 6.42 Å². The van der Waals surface area contributed by atoms with E-state index in [4.69, 9.17) is 19.5 Å². The van der Waals surface area contributed by atoms with E-state index in [1.807, 2.05) is 12.4 Å². The zero-order valence-corrected chi connectivity index (χ0v) is 17.2. The van der Waals surface area contributed by atoms with E-state index in [0.717, 1.165) is 18.8 Å². The van der Waals surface area contributed by atoms with E-state index in [9.17, 15) is 4.79 Å². The minimum absolute atomic E-state index is 0.0256. The fourth-order valence-electron chi connectivity index (χ4n) is 4.44. The number of hydrogen-bond acceptors (Lipinski definition) is 8. The van der Waals surface area contributed by atoms with Crippen LogP contribution in [-0.2, 0) is 0 Å². The van der Waals surface area contributed by atoms with Crippen LogP contribution >= 0.6 is 0 Å². The average Bonchev–Trinajstić information content (AvgIpc) is 3.22. The molecule has 2 unspecified atom stereocenters. The lowest BCUT2D eigenvalue weighted by Crippen LogP contribution is -2.50. The van der Waals surface area contributed by atoms with Gasteiger partial charge in [0.2, 0.25) is 0 Å². The first-order valence-electron chi connectivity index (χ1n) is 10.3. The third-order valence-corrected chi connectivity index (χ3v) is 6.04. The van der Waals surface area contributed by atoms with Gasteiger partial charge in [0.05, 0.1) is 37.0 Å². The number of methoxy groups -OCH3 is 2. The monoisotopic (exact) mass is 410 g/mol. The summed E-state index contributed by atoms with van der Waals surface area (Å²) in [5.41, 5.74) is 1.45. The number of piperidine rings is 1. The quantitative estimate of drug-likeness (QED) is 0.790. The molecule has 9 nitrogen and oxygen atoms in total. The molecule has 2 aromatic rings. The number of nitrogens with zero attached hydrogens (tertiary/aromatic N) is 4. The number of rotatable bonds is 4. The van der Waals surface area contributed by atoms with Crippen molar-refractivity contribution in [1.29, 1.82) is 0 Å². The van der Waals surface area contributed by atoms with Crippen LogP contribution in [0.5, 0.6) is 11.5 Å². The molecule has 0 amide bonds. The highest BCUT2D eigenvalue weighted by Crippen LogP contribution is 2.31. The maximum atomic E-state index is 12.8. The molecular weight excluding hydrogens is 384 g/mol. The first-order chi connectivity index (χ1) is 14.7. The summed E-state index contributed by atoms with van der Waals surface area (Å²) in [6, 6.07) is 3.26. The Morgan fingerprint density at radius 2 is 1.87 bits per heavy atom. The average molecular weight is 410 g/mol. The van der Waals surface area contributed by atoms with Gasteiger partial charge >= 0.3 is 0 Å². The van der Waals surface area contributed by atoms with E-state index in [1.165, 1.54) is 19.3 Å². The molecule has 0 aliphatic carbocycles. The van der Waals surface area contributed by atoms with Crippen molar-refractivity contribution in [2.24, 2.45) is 4.99 Å². The lowest BCUT2D eigenvalue weighted by atomic mass is 10.1. The Morgan fingerprint density at radius 1 is 1.10 bits per heavy atom. The van der Waals surface area contributed by atoms with E-state index in [2.05, 4.69) is 20.1 Å². The molecule has 1 fully saturated rings. The van der Waals surface area contributed by atoms with Gasteiger partial charge in [0.15, 0.2) is 17.8 Å². The number of allylic oxidation sites excluding steroid dienone is 1. The third-order valence-electron chi connectivity index (χ3n) is 6.04. The number of nitrogens with one attached hydrogen (secondary N) is 2. The smallest absolute Gasteiger partial charge is 0.258 e. The Balaban J connectivity index is 1.45. The zero-order valence-electron chi connectivity index (χ0n) is 17.2. The van der Waals surface area contributed by atoms with Gasteiger partial charge in [-0.05, 0) is 18.9 Å². The predicted octanol–water partition coefficient (Wildman–Crippen LogP) is 1.58. The maximum Gasteiger partial charge on any atom is 0.258 e. The minimum Gasteiger partial charge on any atom is -0.493 e. The number of ether oxygens (including phenoxy) is 2.